The average Bonchev–Trinajstić information content (AvgIpc) is 2.91. The number of nitrogens with two attached hydrogens (primary N) is 1. The second-order valence-electron chi connectivity index (χ2n) is 7.48. The number of nitrogens with zero attached hydrogens (tertiary/aromatic N) is 2. The van der Waals surface area contributed by atoms with Gasteiger partial charge in [-0.05, 0) is 54.1 Å². The minimum absolute atomic E-state index is 0.0136. The van der Waals surface area contributed by atoms with E-state index in [2.05, 4.69) is 10.5 Å². The summed E-state index contributed by atoms with van der Waals surface area (Å²) in [6, 6.07) is 18.8. The molecule has 0 aromatic heterocycles. The molecule has 12 heteroatoms. The van der Waals surface area contributed by atoms with Crippen molar-refractivity contribution in [3.05, 3.63) is 78.4 Å². The summed E-state index contributed by atoms with van der Waals surface area (Å²) in [6.45, 7) is -0.796. The SMILES string of the molecule is COc1ccc(N(CC(=O)N/N=C\c2ccc(OCC(N)=O)cc2)S(=O)(=O)c2ccccc2)cc1OC. The molecular formula is C25H26N4O7S. The Bertz CT molecular complexity index is 1360. The molecule has 2 amide bonds. The first kappa shape index (κ1) is 27.0. The molecule has 3 rings (SSSR count). The molecule has 37 heavy (non-hydrogen) atoms. The molecule has 0 spiro atoms. The number of amides is 2. The number of sulfonamides is 1. The Kier molecular flexibility index (Phi) is 9.05. The molecule has 0 heterocycles. The van der Waals surface area contributed by atoms with E-state index in [0.717, 1.165) is 4.31 Å². The summed E-state index contributed by atoms with van der Waals surface area (Å²) in [5, 5.41) is 3.90. The summed E-state index contributed by atoms with van der Waals surface area (Å²) < 4.78 is 43.5. The van der Waals surface area contributed by atoms with E-state index in [0.29, 0.717) is 22.8 Å². The van der Waals surface area contributed by atoms with E-state index in [1.165, 1.54) is 44.7 Å². The van der Waals surface area contributed by atoms with E-state index in [-0.39, 0.29) is 17.2 Å². The number of rotatable bonds is 12. The molecule has 0 aliphatic carbocycles. The van der Waals surface area contributed by atoms with Crippen molar-refractivity contribution in [3.63, 3.8) is 0 Å². The normalized spacial score (nSPS) is 11.1. The third kappa shape index (κ3) is 7.21. The predicted octanol–water partition coefficient (Wildman–Crippen LogP) is 1.91. The lowest BCUT2D eigenvalue weighted by molar-refractivity contribution is -0.120. The predicted molar refractivity (Wildman–Crippen MR) is 137 cm³/mol. The van der Waals surface area contributed by atoms with Gasteiger partial charge in [-0.2, -0.15) is 5.10 Å². The van der Waals surface area contributed by atoms with E-state index in [4.69, 9.17) is 19.9 Å². The van der Waals surface area contributed by atoms with Gasteiger partial charge >= 0.3 is 0 Å². The maximum Gasteiger partial charge on any atom is 0.264 e. The summed E-state index contributed by atoms with van der Waals surface area (Å²) in [5.41, 5.74) is 8.21. The van der Waals surface area contributed by atoms with E-state index >= 15 is 0 Å². The maximum atomic E-state index is 13.4. The Labute approximate surface area is 214 Å². The largest absolute Gasteiger partial charge is 0.493 e. The topological polar surface area (TPSA) is 150 Å². The van der Waals surface area contributed by atoms with Crippen molar-refractivity contribution < 1.29 is 32.2 Å². The molecule has 0 aliphatic rings. The standard InChI is InChI=1S/C25H26N4O7S/c1-34-22-13-10-19(14-23(22)35-2)29(37(32,33)21-6-4-3-5-7-21)16-25(31)28-27-15-18-8-11-20(12-9-18)36-17-24(26)30/h3-15H,16-17H2,1-2H3,(H2,26,30)(H,28,31)/b27-15-. The number of hydrazone groups is 1. The van der Waals surface area contributed by atoms with Crippen molar-refractivity contribution in [2.45, 2.75) is 4.90 Å². The summed E-state index contributed by atoms with van der Waals surface area (Å²) in [6.07, 6.45) is 1.38. The van der Waals surface area contributed by atoms with Crippen LogP contribution in [-0.4, -0.2) is 53.8 Å². The van der Waals surface area contributed by atoms with Crippen LogP contribution in [0.15, 0.2) is 82.8 Å². The quantitative estimate of drug-likeness (QED) is 0.270. The molecule has 194 valence electrons. The molecule has 0 aliphatic heterocycles. The summed E-state index contributed by atoms with van der Waals surface area (Å²) in [7, 11) is -1.22. The Balaban J connectivity index is 1.78. The number of primary amides is 1. The van der Waals surface area contributed by atoms with Crippen molar-refractivity contribution >= 4 is 33.7 Å². The lowest BCUT2D eigenvalue weighted by Crippen LogP contribution is -2.39. The van der Waals surface area contributed by atoms with Gasteiger partial charge in [-0.1, -0.05) is 18.2 Å². The second kappa shape index (κ2) is 12.4. The number of carbonyl (C=O) groups excluding carboxylic acids is 2. The fourth-order valence-corrected chi connectivity index (χ4v) is 4.60. The lowest BCUT2D eigenvalue weighted by atomic mass is 10.2. The van der Waals surface area contributed by atoms with Crippen LogP contribution < -0.4 is 29.7 Å². The molecule has 0 fully saturated rings. The highest BCUT2D eigenvalue weighted by Crippen LogP contribution is 2.33. The van der Waals surface area contributed by atoms with Gasteiger partial charge in [0, 0.05) is 6.07 Å². The highest BCUT2D eigenvalue weighted by Gasteiger charge is 2.28. The molecule has 3 aromatic rings. The maximum absolute atomic E-state index is 13.4. The number of hydrogen-bond acceptors (Lipinski definition) is 8. The zero-order chi connectivity index (χ0) is 26.8. The first-order valence-electron chi connectivity index (χ1n) is 10.9. The van der Waals surface area contributed by atoms with E-state index in [1.54, 1.807) is 48.5 Å². The molecule has 0 saturated carbocycles. The van der Waals surface area contributed by atoms with Crippen LogP contribution in [0.3, 0.4) is 0 Å². The molecule has 0 radical (unpaired) electrons. The molecular weight excluding hydrogens is 500 g/mol. The summed E-state index contributed by atoms with van der Waals surface area (Å²) >= 11 is 0. The second-order valence-corrected chi connectivity index (χ2v) is 9.34. The van der Waals surface area contributed by atoms with Crippen molar-refractivity contribution in [2.24, 2.45) is 10.8 Å². The van der Waals surface area contributed by atoms with Gasteiger partial charge in [0.1, 0.15) is 12.3 Å². The van der Waals surface area contributed by atoms with Crippen LogP contribution in [0.5, 0.6) is 17.2 Å². The molecule has 0 bridgehead atoms. The third-order valence-corrected chi connectivity index (χ3v) is 6.73. The van der Waals surface area contributed by atoms with E-state index in [1.807, 2.05) is 0 Å². The van der Waals surface area contributed by atoms with Crippen LogP contribution in [0.4, 0.5) is 5.69 Å². The van der Waals surface area contributed by atoms with Crippen LogP contribution in [0, 0.1) is 0 Å². The number of carbonyl (C=O) groups is 2. The van der Waals surface area contributed by atoms with Gasteiger partial charge in [0.25, 0.3) is 21.8 Å². The van der Waals surface area contributed by atoms with Crippen LogP contribution in [0.1, 0.15) is 5.56 Å². The molecule has 0 saturated heterocycles. The number of methoxy groups -OCH3 is 2. The van der Waals surface area contributed by atoms with Gasteiger partial charge in [-0.25, -0.2) is 13.8 Å². The number of nitrogens with one attached hydrogen (secondary N) is 1. The fraction of sp³-hybridized carbons (Fsp3) is 0.160. The van der Waals surface area contributed by atoms with Gasteiger partial charge in [0.15, 0.2) is 18.1 Å². The smallest absolute Gasteiger partial charge is 0.264 e. The third-order valence-electron chi connectivity index (χ3n) is 4.94. The fourth-order valence-electron chi connectivity index (χ4n) is 3.16. The minimum atomic E-state index is -4.11. The van der Waals surface area contributed by atoms with Gasteiger partial charge < -0.3 is 19.9 Å². The zero-order valence-electron chi connectivity index (χ0n) is 20.2. The number of benzene rings is 3. The van der Waals surface area contributed by atoms with Crippen LogP contribution >= 0.6 is 0 Å². The molecule has 0 atom stereocenters. The van der Waals surface area contributed by atoms with Gasteiger partial charge in [-0.3, -0.25) is 13.9 Å². The van der Waals surface area contributed by atoms with Gasteiger partial charge in [0.05, 0.1) is 31.0 Å². The van der Waals surface area contributed by atoms with E-state index in [9.17, 15) is 18.0 Å². The average molecular weight is 527 g/mol. The summed E-state index contributed by atoms with van der Waals surface area (Å²) in [4.78, 5) is 23.5. The Hall–Kier alpha value is -4.58. The summed E-state index contributed by atoms with van der Waals surface area (Å²) in [5.74, 6) is -0.119. The van der Waals surface area contributed by atoms with Crippen molar-refractivity contribution in [3.8, 4) is 17.2 Å². The lowest BCUT2D eigenvalue weighted by Gasteiger charge is -2.24. The van der Waals surface area contributed by atoms with E-state index < -0.39 is 28.4 Å². The van der Waals surface area contributed by atoms with Crippen LogP contribution in [-0.2, 0) is 19.6 Å². The highest BCUT2D eigenvalue weighted by atomic mass is 32.2. The van der Waals surface area contributed by atoms with Crippen molar-refractivity contribution in [2.75, 3.05) is 31.7 Å². The Morgan fingerprint density at radius 3 is 2.27 bits per heavy atom. The number of hydrogen-bond donors (Lipinski definition) is 2. The Morgan fingerprint density at radius 2 is 1.65 bits per heavy atom. The molecule has 3 aromatic carbocycles. The van der Waals surface area contributed by atoms with Crippen molar-refractivity contribution in [1.29, 1.82) is 0 Å². The van der Waals surface area contributed by atoms with Gasteiger partial charge in [-0.15, -0.1) is 0 Å². The molecule has 0 unspecified atom stereocenters. The zero-order valence-corrected chi connectivity index (χ0v) is 21.0. The number of anilines is 1. The van der Waals surface area contributed by atoms with Crippen LogP contribution in [0.2, 0.25) is 0 Å². The van der Waals surface area contributed by atoms with Crippen molar-refractivity contribution in [1.82, 2.24) is 5.43 Å². The minimum Gasteiger partial charge on any atom is -0.493 e. The first-order valence-corrected chi connectivity index (χ1v) is 12.3. The highest BCUT2D eigenvalue weighted by molar-refractivity contribution is 7.92. The number of ether oxygens (including phenoxy) is 3. The molecule has 11 nitrogen and oxygen atoms in total. The Morgan fingerprint density at radius 1 is 0.973 bits per heavy atom. The van der Waals surface area contributed by atoms with Gasteiger partial charge in [0.2, 0.25) is 0 Å². The monoisotopic (exact) mass is 526 g/mol. The molecule has 3 N–H and O–H groups in total. The first-order chi connectivity index (χ1) is 17.7. The van der Waals surface area contributed by atoms with Crippen LogP contribution in [0.25, 0.3) is 0 Å².